The van der Waals surface area contributed by atoms with Gasteiger partial charge in [-0.2, -0.15) is 5.10 Å². The van der Waals surface area contributed by atoms with Crippen molar-refractivity contribution in [2.24, 2.45) is 0 Å². The topological polar surface area (TPSA) is 38.5 Å². The van der Waals surface area contributed by atoms with E-state index in [4.69, 9.17) is 12.2 Å². The first kappa shape index (κ1) is 12.9. The summed E-state index contributed by atoms with van der Waals surface area (Å²) in [6.45, 7) is 4.13. The normalized spacial score (nSPS) is 10.9. The number of aromatic nitrogens is 4. The highest BCUT2D eigenvalue weighted by molar-refractivity contribution is 7.71. The van der Waals surface area contributed by atoms with E-state index in [9.17, 15) is 0 Å². The minimum absolute atomic E-state index is 0.610. The van der Waals surface area contributed by atoms with Crippen LogP contribution in [0.5, 0.6) is 0 Å². The van der Waals surface area contributed by atoms with Crippen LogP contribution in [0.4, 0.5) is 0 Å². The molecule has 0 spiro atoms. The quantitative estimate of drug-likeness (QED) is 0.750. The average molecular weight is 284 g/mol. The second-order valence-corrected chi connectivity index (χ2v) is 5.23. The number of benzene rings is 1. The molecule has 0 aliphatic carbocycles. The van der Waals surface area contributed by atoms with E-state index in [1.807, 2.05) is 22.9 Å². The zero-order chi connectivity index (χ0) is 14.1. The fraction of sp³-hybridized carbons (Fsp3) is 0.200. The first-order valence-corrected chi connectivity index (χ1v) is 6.93. The molecule has 0 saturated heterocycles. The van der Waals surface area contributed by atoms with Crippen LogP contribution < -0.4 is 0 Å². The molecule has 1 N–H and O–H groups in total. The minimum Gasteiger partial charge on any atom is -0.255 e. The summed E-state index contributed by atoms with van der Waals surface area (Å²) in [6.07, 6.45) is 0.741. The summed E-state index contributed by atoms with van der Waals surface area (Å²) in [5, 5.41) is 7.27. The SMILES string of the molecule is Cc1ccc(C)n1-n1c(Cc2ccccc2)n[nH]c1=S. The molecule has 2 heterocycles. The maximum Gasteiger partial charge on any atom is 0.215 e. The number of aromatic amines is 1. The van der Waals surface area contributed by atoms with E-state index in [2.05, 4.69) is 53.0 Å². The fourth-order valence-electron chi connectivity index (χ4n) is 2.40. The third kappa shape index (κ3) is 2.20. The van der Waals surface area contributed by atoms with Crippen LogP contribution in [0.3, 0.4) is 0 Å². The van der Waals surface area contributed by atoms with E-state index in [0.717, 1.165) is 23.6 Å². The number of nitrogens with one attached hydrogen (secondary N) is 1. The van der Waals surface area contributed by atoms with Crippen LogP contribution in [0.2, 0.25) is 0 Å². The number of H-pyrrole nitrogens is 1. The molecule has 3 rings (SSSR count). The maximum absolute atomic E-state index is 5.38. The highest BCUT2D eigenvalue weighted by Gasteiger charge is 2.11. The molecule has 1 aromatic carbocycles. The predicted molar refractivity (Wildman–Crippen MR) is 81.4 cm³/mol. The lowest BCUT2D eigenvalue weighted by atomic mass is 10.1. The Kier molecular flexibility index (Phi) is 3.28. The second-order valence-electron chi connectivity index (χ2n) is 4.85. The van der Waals surface area contributed by atoms with Gasteiger partial charge in [-0.1, -0.05) is 30.3 Å². The first-order valence-electron chi connectivity index (χ1n) is 6.52. The van der Waals surface area contributed by atoms with E-state index in [-0.39, 0.29) is 0 Å². The molecule has 0 fully saturated rings. The van der Waals surface area contributed by atoms with E-state index in [0.29, 0.717) is 4.77 Å². The Bertz CT molecular complexity index is 760. The Morgan fingerprint density at radius 2 is 1.65 bits per heavy atom. The first-order chi connectivity index (χ1) is 9.66. The fourth-order valence-corrected chi connectivity index (χ4v) is 2.63. The molecular formula is C15H16N4S. The predicted octanol–water partition coefficient (Wildman–Crippen LogP) is 3.26. The molecule has 0 bridgehead atoms. The van der Waals surface area contributed by atoms with Crippen LogP contribution in [0.1, 0.15) is 22.8 Å². The molecule has 0 saturated carbocycles. The van der Waals surface area contributed by atoms with Gasteiger partial charge in [0.2, 0.25) is 4.77 Å². The van der Waals surface area contributed by atoms with Crippen LogP contribution in [0, 0.1) is 18.6 Å². The lowest BCUT2D eigenvalue weighted by Crippen LogP contribution is -2.16. The standard InChI is InChI=1S/C15H16N4S/c1-11-8-9-12(2)18(11)19-14(16-17-15(19)20)10-13-6-4-3-5-7-13/h3-9H,10H2,1-2H3,(H,17,20). The van der Waals surface area contributed by atoms with Crippen molar-refractivity contribution in [3.8, 4) is 0 Å². The van der Waals surface area contributed by atoms with Crippen LogP contribution in [-0.2, 0) is 6.42 Å². The van der Waals surface area contributed by atoms with E-state index >= 15 is 0 Å². The Hall–Kier alpha value is -2.14. The number of hydrogen-bond acceptors (Lipinski definition) is 2. The molecule has 2 aromatic heterocycles. The van der Waals surface area contributed by atoms with Gasteiger partial charge in [-0.15, -0.1) is 0 Å². The van der Waals surface area contributed by atoms with Crippen molar-refractivity contribution >= 4 is 12.2 Å². The summed E-state index contributed by atoms with van der Waals surface area (Å²) in [6, 6.07) is 14.4. The Balaban J connectivity index is 2.09. The van der Waals surface area contributed by atoms with Gasteiger partial charge in [0.15, 0.2) is 5.82 Å². The molecule has 20 heavy (non-hydrogen) atoms. The van der Waals surface area contributed by atoms with Gasteiger partial charge in [0, 0.05) is 17.8 Å². The average Bonchev–Trinajstić information content (AvgIpc) is 2.95. The largest absolute Gasteiger partial charge is 0.255 e. The number of hydrogen-bond donors (Lipinski definition) is 1. The molecule has 0 radical (unpaired) electrons. The summed E-state index contributed by atoms with van der Waals surface area (Å²) < 4.78 is 4.66. The Morgan fingerprint density at radius 1 is 1.00 bits per heavy atom. The molecular weight excluding hydrogens is 268 g/mol. The molecule has 0 unspecified atom stereocenters. The minimum atomic E-state index is 0.610. The molecule has 0 atom stereocenters. The van der Waals surface area contributed by atoms with Crippen molar-refractivity contribution in [3.63, 3.8) is 0 Å². The summed E-state index contributed by atoms with van der Waals surface area (Å²) in [7, 11) is 0. The van der Waals surface area contributed by atoms with Gasteiger partial charge in [0.1, 0.15) is 0 Å². The molecule has 4 nitrogen and oxygen atoms in total. The zero-order valence-electron chi connectivity index (χ0n) is 11.5. The highest BCUT2D eigenvalue weighted by Crippen LogP contribution is 2.13. The smallest absolute Gasteiger partial charge is 0.215 e. The summed E-state index contributed by atoms with van der Waals surface area (Å²) in [5.41, 5.74) is 3.48. The zero-order valence-corrected chi connectivity index (χ0v) is 12.3. The second kappa shape index (κ2) is 5.09. The summed E-state index contributed by atoms with van der Waals surface area (Å²) in [4.78, 5) is 0. The number of aryl methyl sites for hydroxylation is 2. The highest BCUT2D eigenvalue weighted by atomic mass is 32.1. The van der Waals surface area contributed by atoms with Crippen LogP contribution in [0.25, 0.3) is 0 Å². The molecule has 5 heteroatoms. The third-order valence-electron chi connectivity index (χ3n) is 3.36. The number of rotatable bonds is 3. The van der Waals surface area contributed by atoms with Crippen molar-refractivity contribution in [2.45, 2.75) is 20.3 Å². The molecule has 3 aromatic rings. The molecule has 102 valence electrons. The third-order valence-corrected chi connectivity index (χ3v) is 3.62. The summed E-state index contributed by atoms with van der Waals surface area (Å²) >= 11 is 5.38. The van der Waals surface area contributed by atoms with Crippen molar-refractivity contribution in [2.75, 3.05) is 0 Å². The van der Waals surface area contributed by atoms with Crippen LogP contribution in [-0.4, -0.2) is 19.5 Å². The molecule has 0 aliphatic heterocycles. The van der Waals surface area contributed by atoms with Crippen LogP contribution in [0.15, 0.2) is 42.5 Å². The van der Waals surface area contributed by atoms with E-state index in [1.165, 1.54) is 5.56 Å². The van der Waals surface area contributed by atoms with Gasteiger partial charge >= 0.3 is 0 Å². The lowest BCUT2D eigenvalue weighted by Gasteiger charge is -2.12. The van der Waals surface area contributed by atoms with Gasteiger partial charge in [-0.3, -0.25) is 9.77 Å². The van der Waals surface area contributed by atoms with Crippen molar-refractivity contribution < 1.29 is 0 Å². The van der Waals surface area contributed by atoms with E-state index in [1.54, 1.807) is 0 Å². The Morgan fingerprint density at radius 3 is 2.30 bits per heavy atom. The van der Waals surface area contributed by atoms with E-state index < -0.39 is 0 Å². The van der Waals surface area contributed by atoms with Gasteiger partial charge in [0.05, 0.1) is 0 Å². The Labute approximate surface area is 122 Å². The van der Waals surface area contributed by atoms with Gasteiger partial charge in [-0.25, -0.2) is 4.68 Å². The van der Waals surface area contributed by atoms with Crippen molar-refractivity contribution in [3.05, 3.63) is 70.0 Å². The molecule has 0 aliphatic rings. The number of nitrogens with zero attached hydrogens (tertiary/aromatic N) is 3. The van der Waals surface area contributed by atoms with Crippen molar-refractivity contribution in [1.82, 2.24) is 19.5 Å². The van der Waals surface area contributed by atoms with Gasteiger partial charge in [-0.05, 0) is 43.8 Å². The summed E-state index contributed by atoms with van der Waals surface area (Å²) in [5.74, 6) is 0.906. The lowest BCUT2D eigenvalue weighted by molar-refractivity contribution is 0.587. The van der Waals surface area contributed by atoms with Gasteiger partial charge in [0.25, 0.3) is 0 Å². The van der Waals surface area contributed by atoms with Crippen molar-refractivity contribution in [1.29, 1.82) is 0 Å². The monoisotopic (exact) mass is 284 g/mol. The van der Waals surface area contributed by atoms with Gasteiger partial charge < -0.3 is 0 Å². The molecule has 0 amide bonds. The van der Waals surface area contributed by atoms with Crippen LogP contribution >= 0.6 is 12.2 Å². The maximum atomic E-state index is 5.38.